The quantitative estimate of drug-likeness (QED) is 0.309. The molecule has 0 bridgehead atoms. The monoisotopic (exact) mass is 496 g/mol. The Morgan fingerprint density at radius 1 is 1.46 bits per heavy atom. The second-order valence-corrected chi connectivity index (χ2v) is 8.91. The summed E-state index contributed by atoms with van der Waals surface area (Å²) >= 11 is 0. The van der Waals surface area contributed by atoms with Gasteiger partial charge in [0.2, 0.25) is 5.88 Å². The lowest BCUT2D eigenvalue weighted by molar-refractivity contribution is 0.288. The van der Waals surface area contributed by atoms with Gasteiger partial charge in [-0.3, -0.25) is 4.99 Å². The Morgan fingerprint density at radius 3 is 2.81 bits per heavy atom. The summed E-state index contributed by atoms with van der Waals surface area (Å²) in [6.45, 7) is 3.26. The number of guanidine groups is 1. The first-order valence-corrected chi connectivity index (χ1v) is 10.6. The Morgan fingerprint density at radius 2 is 2.19 bits per heavy atom. The number of sulfone groups is 1. The van der Waals surface area contributed by atoms with Gasteiger partial charge in [0, 0.05) is 38.2 Å². The highest BCUT2D eigenvalue weighted by atomic mass is 127. The van der Waals surface area contributed by atoms with Crippen LogP contribution in [0.3, 0.4) is 0 Å². The number of pyridine rings is 1. The predicted octanol–water partition coefficient (Wildman–Crippen LogP) is 1.98. The lowest BCUT2D eigenvalue weighted by atomic mass is 10.2. The first kappa shape index (κ1) is 22.9. The minimum absolute atomic E-state index is 0. The van der Waals surface area contributed by atoms with Gasteiger partial charge in [-0.1, -0.05) is 0 Å². The number of aromatic nitrogens is 1. The second-order valence-electron chi connectivity index (χ2n) is 6.65. The highest BCUT2D eigenvalue weighted by molar-refractivity contribution is 14.0. The van der Waals surface area contributed by atoms with E-state index in [1.807, 2.05) is 19.1 Å². The first-order chi connectivity index (χ1) is 11.9. The molecule has 0 aromatic carbocycles. The number of halogens is 1. The lowest BCUT2D eigenvalue weighted by Gasteiger charge is -2.17. The van der Waals surface area contributed by atoms with Gasteiger partial charge in [0.05, 0.1) is 12.4 Å². The molecule has 0 aliphatic heterocycles. The van der Waals surface area contributed by atoms with Crippen molar-refractivity contribution in [2.75, 3.05) is 25.7 Å². The van der Waals surface area contributed by atoms with Crippen molar-refractivity contribution >= 4 is 39.8 Å². The number of hydrogen-bond donors (Lipinski definition) is 2. The smallest absolute Gasteiger partial charge is 0.213 e. The largest absolute Gasteiger partial charge is 0.477 e. The average Bonchev–Trinajstić information content (AvgIpc) is 3.39. The molecule has 9 heteroatoms. The van der Waals surface area contributed by atoms with Crippen molar-refractivity contribution in [2.24, 2.45) is 10.9 Å². The Hall–Kier alpha value is -1.10. The molecule has 26 heavy (non-hydrogen) atoms. The van der Waals surface area contributed by atoms with E-state index in [-0.39, 0.29) is 35.8 Å². The summed E-state index contributed by atoms with van der Waals surface area (Å²) in [7, 11) is -1.26. The van der Waals surface area contributed by atoms with Crippen LogP contribution in [0.4, 0.5) is 0 Å². The molecule has 0 saturated heterocycles. The molecule has 148 valence electrons. The van der Waals surface area contributed by atoms with Gasteiger partial charge in [-0.15, -0.1) is 24.0 Å². The van der Waals surface area contributed by atoms with E-state index in [1.165, 1.54) is 19.1 Å². The molecule has 1 atom stereocenters. The Labute approximate surface area is 173 Å². The van der Waals surface area contributed by atoms with Crippen molar-refractivity contribution < 1.29 is 13.2 Å². The highest BCUT2D eigenvalue weighted by Gasteiger charge is 2.22. The van der Waals surface area contributed by atoms with Gasteiger partial charge >= 0.3 is 0 Å². The van der Waals surface area contributed by atoms with Crippen LogP contribution < -0.4 is 15.4 Å². The molecule has 2 rings (SSSR count). The van der Waals surface area contributed by atoms with Crippen LogP contribution in [0.5, 0.6) is 5.88 Å². The number of rotatable bonds is 9. The van der Waals surface area contributed by atoms with Gasteiger partial charge in [0.25, 0.3) is 0 Å². The number of nitrogens with zero attached hydrogens (tertiary/aromatic N) is 2. The molecule has 0 radical (unpaired) electrons. The maximum Gasteiger partial charge on any atom is 0.213 e. The zero-order valence-corrected chi connectivity index (χ0v) is 18.7. The molecule has 1 saturated carbocycles. The van der Waals surface area contributed by atoms with Crippen molar-refractivity contribution in [3.8, 4) is 5.88 Å². The van der Waals surface area contributed by atoms with Gasteiger partial charge < -0.3 is 15.4 Å². The number of aliphatic imine (C=N–C) groups is 1. The molecular formula is C17H29IN4O3S. The fraction of sp³-hybridized carbons (Fsp3) is 0.647. The molecule has 1 aromatic rings. The van der Waals surface area contributed by atoms with Crippen LogP contribution in [0.1, 0.15) is 31.7 Å². The molecule has 1 unspecified atom stereocenters. The number of ether oxygens (including phenoxy) is 1. The van der Waals surface area contributed by atoms with Crippen LogP contribution in [0.2, 0.25) is 0 Å². The molecule has 1 aromatic heterocycles. The molecular weight excluding hydrogens is 467 g/mol. The van der Waals surface area contributed by atoms with Crippen LogP contribution in [-0.2, 0) is 16.4 Å². The van der Waals surface area contributed by atoms with E-state index in [4.69, 9.17) is 4.74 Å². The van der Waals surface area contributed by atoms with E-state index in [0.717, 1.165) is 12.2 Å². The van der Waals surface area contributed by atoms with Crippen molar-refractivity contribution in [3.05, 3.63) is 23.9 Å². The van der Waals surface area contributed by atoms with E-state index in [0.29, 0.717) is 30.7 Å². The van der Waals surface area contributed by atoms with E-state index < -0.39 is 9.84 Å². The summed E-state index contributed by atoms with van der Waals surface area (Å²) in [6, 6.07) is 3.86. The average molecular weight is 496 g/mol. The first-order valence-electron chi connectivity index (χ1n) is 8.58. The fourth-order valence-corrected chi connectivity index (χ4v) is 2.99. The summed E-state index contributed by atoms with van der Waals surface area (Å²) in [6.07, 6.45) is 6.03. The second kappa shape index (κ2) is 10.9. The fourth-order valence-electron chi connectivity index (χ4n) is 2.20. The van der Waals surface area contributed by atoms with Gasteiger partial charge in [-0.25, -0.2) is 13.4 Å². The van der Waals surface area contributed by atoms with E-state index in [9.17, 15) is 8.42 Å². The summed E-state index contributed by atoms with van der Waals surface area (Å²) < 4.78 is 28.2. The van der Waals surface area contributed by atoms with Gasteiger partial charge in [0.15, 0.2) is 5.96 Å². The predicted molar refractivity (Wildman–Crippen MR) is 115 cm³/mol. The van der Waals surface area contributed by atoms with Crippen LogP contribution in [0.15, 0.2) is 23.3 Å². The minimum atomic E-state index is -2.95. The summed E-state index contributed by atoms with van der Waals surface area (Å²) in [5.41, 5.74) is 1.05. The zero-order valence-electron chi connectivity index (χ0n) is 15.6. The Balaban J connectivity index is 0.00000338. The zero-order chi connectivity index (χ0) is 18.3. The van der Waals surface area contributed by atoms with Gasteiger partial charge in [0.1, 0.15) is 9.84 Å². The summed E-state index contributed by atoms with van der Waals surface area (Å²) in [4.78, 5) is 8.41. The number of hydrogen-bond acceptors (Lipinski definition) is 5. The van der Waals surface area contributed by atoms with Gasteiger partial charge in [-0.2, -0.15) is 0 Å². The SMILES string of the molecule is CN=C(NCc1ccnc(OCC2CC2)c1)NC(C)CCS(C)(=O)=O.I. The van der Waals surface area contributed by atoms with Crippen LogP contribution in [0, 0.1) is 5.92 Å². The molecule has 1 heterocycles. The highest BCUT2D eigenvalue weighted by Crippen LogP contribution is 2.29. The minimum Gasteiger partial charge on any atom is -0.477 e. The Bertz CT molecular complexity index is 693. The Kier molecular flexibility index (Phi) is 9.62. The summed E-state index contributed by atoms with van der Waals surface area (Å²) in [5, 5.41) is 6.42. The maximum atomic E-state index is 11.2. The standard InChI is InChI=1S/C17H28N4O3S.HI/c1-13(7-9-25(3,22)23)21-17(18-2)20-11-15-6-8-19-16(10-15)24-12-14-4-5-14;/h6,8,10,13-14H,4-5,7,9,11-12H2,1-3H3,(H2,18,20,21);1H. The summed E-state index contributed by atoms with van der Waals surface area (Å²) in [5.74, 6) is 2.14. The van der Waals surface area contributed by atoms with Crippen LogP contribution in [0.25, 0.3) is 0 Å². The molecule has 1 fully saturated rings. The van der Waals surface area contributed by atoms with Gasteiger partial charge in [-0.05, 0) is 43.7 Å². The molecule has 7 nitrogen and oxygen atoms in total. The van der Waals surface area contributed by atoms with Crippen LogP contribution in [-0.4, -0.2) is 51.1 Å². The molecule has 0 amide bonds. The van der Waals surface area contributed by atoms with Crippen molar-refractivity contribution in [1.82, 2.24) is 15.6 Å². The normalized spacial score (nSPS) is 15.7. The molecule has 2 N–H and O–H groups in total. The van der Waals surface area contributed by atoms with E-state index in [2.05, 4.69) is 20.6 Å². The lowest BCUT2D eigenvalue weighted by Crippen LogP contribution is -2.42. The maximum absolute atomic E-state index is 11.2. The number of nitrogens with one attached hydrogen (secondary N) is 2. The topological polar surface area (TPSA) is 92.7 Å². The van der Waals surface area contributed by atoms with Crippen molar-refractivity contribution in [2.45, 2.75) is 38.8 Å². The van der Waals surface area contributed by atoms with E-state index >= 15 is 0 Å². The molecule has 1 aliphatic carbocycles. The molecule has 0 spiro atoms. The molecule has 1 aliphatic rings. The van der Waals surface area contributed by atoms with Crippen molar-refractivity contribution in [3.63, 3.8) is 0 Å². The van der Waals surface area contributed by atoms with Crippen LogP contribution >= 0.6 is 24.0 Å². The van der Waals surface area contributed by atoms with E-state index in [1.54, 1.807) is 13.2 Å². The van der Waals surface area contributed by atoms with Crippen molar-refractivity contribution in [1.29, 1.82) is 0 Å². The third kappa shape index (κ3) is 9.56. The third-order valence-corrected chi connectivity index (χ3v) is 4.93. The third-order valence-electron chi connectivity index (χ3n) is 3.95.